The number of fused-ring (bicyclic) bond motifs is 3. The van der Waals surface area contributed by atoms with Crippen LogP contribution in [-0.4, -0.2) is 34.2 Å². The van der Waals surface area contributed by atoms with Gasteiger partial charge in [0.1, 0.15) is 24.0 Å². The second-order valence-electron chi connectivity index (χ2n) is 10.5. The zero-order chi connectivity index (χ0) is 26.6. The fraction of sp³-hybridized carbons (Fsp3) is 0.310. The molecule has 3 atom stereocenters. The van der Waals surface area contributed by atoms with Crippen molar-refractivity contribution in [2.45, 2.75) is 44.1 Å². The summed E-state index contributed by atoms with van der Waals surface area (Å²) in [4.78, 5) is 44.7. The van der Waals surface area contributed by atoms with Crippen molar-refractivity contribution in [1.82, 2.24) is 9.88 Å². The van der Waals surface area contributed by atoms with Gasteiger partial charge < -0.3 is 15.5 Å². The summed E-state index contributed by atoms with van der Waals surface area (Å²) < 4.78 is 27.8. The van der Waals surface area contributed by atoms with E-state index in [1.807, 2.05) is 24.3 Å². The van der Waals surface area contributed by atoms with Gasteiger partial charge in [0.2, 0.25) is 17.7 Å². The Labute approximate surface area is 218 Å². The van der Waals surface area contributed by atoms with Gasteiger partial charge in [0, 0.05) is 29.4 Å². The minimum Gasteiger partial charge on any atom is -0.326 e. The number of amides is 3. The first-order valence-corrected chi connectivity index (χ1v) is 12.7. The van der Waals surface area contributed by atoms with Crippen LogP contribution in [0.3, 0.4) is 0 Å². The summed E-state index contributed by atoms with van der Waals surface area (Å²) in [6.45, 7) is 1.55. The summed E-state index contributed by atoms with van der Waals surface area (Å²) in [5, 5.41) is 5.75. The highest BCUT2D eigenvalue weighted by molar-refractivity contribution is 6.06. The highest BCUT2D eigenvalue weighted by Crippen LogP contribution is 2.47. The average Bonchev–Trinajstić information content (AvgIpc) is 3.38. The molecule has 7 nitrogen and oxygen atoms in total. The SMILES string of the molecule is C[C@@H]1CC[C@@H](c2cc(F)cc(F)c2)N(CC(=O)Nc2ccc3c(c2)C[C@@]2(C3)C(=O)Nc3ncccc32)C1=O. The van der Waals surface area contributed by atoms with Gasteiger partial charge in [-0.1, -0.05) is 19.1 Å². The van der Waals surface area contributed by atoms with Crippen LogP contribution in [-0.2, 0) is 32.6 Å². The number of halogens is 2. The molecule has 194 valence electrons. The molecule has 1 spiro atoms. The smallest absolute Gasteiger partial charge is 0.244 e. The molecule has 0 bridgehead atoms. The van der Waals surface area contributed by atoms with E-state index in [-0.39, 0.29) is 24.3 Å². The van der Waals surface area contributed by atoms with E-state index < -0.39 is 29.0 Å². The van der Waals surface area contributed by atoms with Gasteiger partial charge in [-0.3, -0.25) is 14.4 Å². The normalized spacial score (nSPS) is 23.8. The van der Waals surface area contributed by atoms with Crippen LogP contribution in [0.4, 0.5) is 20.3 Å². The van der Waals surface area contributed by atoms with Crippen molar-refractivity contribution in [3.8, 4) is 0 Å². The first kappa shape index (κ1) is 24.2. The number of anilines is 2. The van der Waals surface area contributed by atoms with Crippen molar-refractivity contribution >= 4 is 29.2 Å². The summed E-state index contributed by atoms with van der Waals surface area (Å²) in [5.41, 5.74) is 3.06. The third kappa shape index (κ3) is 4.02. The van der Waals surface area contributed by atoms with Crippen LogP contribution in [0.5, 0.6) is 0 Å². The Morgan fingerprint density at radius 2 is 1.84 bits per heavy atom. The Kier molecular flexibility index (Phi) is 5.74. The van der Waals surface area contributed by atoms with Gasteiger partial charge in [0.15, 0.2) is 0 Å². The second-order valence-corrected chi connectivity index (χ2v) is 10.5. The Morgan fingerprint density at radius 1 is 1.08 bits per heavy atom. The third-order valence-electron chi connectivity index (χ3n) is 8.00. The maximum absolute atomic E-state index is 13.9. The number of carbonyl (C=O) groups excluding carboxylic acids is 3. The molecular formula is C29H26F2N4O3. The van der Waals surface area contributed by atoms with Crippen LogP contribution >= 0.6 is 0 Å². The zero-order valence-corrected chi connectivity index (χ0v) is 20.8. The van der Waals surface area contributed by atoms with E-state index in [0.717, 1.165) is 22.8 Å². The molecule has 38 heavy (non-hydrogen) atoms. The molecule has 0 radical (unpaired) electrons. The van der Waals surface area contributed by atoms with Crippen molar-refractivity contribution in [2.75, 3.05) is 17.2 Å². The number of pyridine rings is 1. The van der Waals surface area contributed by atoms with E-state index in [2.05, 4.69) is 15.6 Å². The van der Waals surface area contributed by atoms with Gasteiger partial charge in [-0.25, -0.2) is 13.8 Å². The lowest BCUT2D eigenvalue weighted by atomic mass is 9.79. The van der Waals surface area contributed by atoms with Gasteiger partial charge in [-0.15, -0.1) is 0 Å². The summed E-state index contributed by atoms with van der Waals surface area (Å²) in [6.07, 6.45) is 3.76. The summed E-state index contributed by atoms with van der Waals surface area (Å²) in [7, 11) is 0. The minimum atomic E-state index is -0.722. The molecule has 0 unspecified atom stereocenters. The molecule has 3 aromatic rings. The number of rotatable bonds is 4. The second kappa shape index (κ2) is 9.01. The minimum absolute atomic E-state index is 0.0782. The number of hydrogen-bond donors (Lipinski definition) is 2. The van der Waals surface area contributed by atoms with Gasteiger partial charge in [0.25, 0.3) is 0 Å². The lowest BCUT2D eigenvalue weighted by molar-refractivity contribution is -0.144. The van der Waals surface area contributed by atoms with Crippen molar-refractivity contribution in [3.05, 3.63) is 88.6 Å². The molecule has 1 aromatic heterocycles. The molecule has 1 aliphatic carbocycles. The van der Waals surface area contributed by atoms with E-state index in [1.54, 1.807) is 19.2 Å². The van der Waals surface area contributed by atoms with Crippen LogP contribution in [0.25, 0.3) is 0 Å². The first-order valence-electron chi connectivity index (χ1n) is 12.7. The number of nitrogens with zero attached hydrogens (tertiary/aromatic N) is 2. The van der Waals surface area contributed by atoms with Crippen LogP contribution in [0, 0.1) is 17.6 Å². The van der Waals surface area contributed by atoms with E-state index in [4.69, 9.17) is 0 Å². The molecule has 2 aromatic carbocycles. The number of hydrogen-bond acceptors (Lipinski definition) is 4. The van der Waals surface area contributed by atoms with Crippen LogP contribution < -0.4 is 10.6 Å². The van der Waals surface area contributed by atoms with Crippen molar-refractivity contribution in [3.63, 3.8) is 0 Å². The summed E-state index contributed by atoms with van der Waals surface area (Å²) >= 11 is 0. The molecule has 3 aliphatic rings. The fourth-order valence-electron chi connectivity index (χ4n) is 6.13. The molecule has 6 rings (SSSR count). The Morgan fingerprint density at radius 3 is 2.63 bits per heavy atom. The molecule has 3 amide bonds. The largest absolute Gasteiger partial charge is 0.326 e. The molecule has 2 N–H and O–H groups in total. The number of nitrogens with one attached hydrogen (secondary N) is 2. The molecule has 1 saturated heterocycles. The molecule has 0 saturated carbocycles. The standard InChI is InChI=1S/C29H26F2N4O3/c1-16-4-7-24(18-9-20(30)12-21(31)10-18)35(27(16)37)15-25(36)33-22-6-5-17-13-29(14-19(17)11-22)23-3-2-8-32-26(23)34-28(29)38/h2-3,5-6,8-12,16,24H,4,7,13-15H2,1H3,(H,33,36)(H,32,34,38)/t16-,24+,29-/m1/s1. The number of benzene rings is 2. The number of piperidine rings is 1. The lowest BCUT2D eigenvalue weighted by Crippen LogP contribution is -2.46. The van der Waals surface area contributed by atoms with Gasteiger partial charge in [0.05, 0.1) is 11.5 Å². The number of aromatic nitrogens is 1. The highest BCUT2D eigenvalue weighted by atomic mass is 19.1. The van der Waals surface area contributed by atoms with Crippen molar-refractivity contribution in [2.24, 2.45) is 5.92 Å². The Balaban J connectivity index is 1.20. The topological polar surface area (TPSA) is 91.4 Å². The molecule has 3 heterocycles. The lowest BCUT2D eigenvalue weighted by Gasteiger charge is -2.38. The quantitative estimate of drug-likeness (QED) is 0.542. The molecule has 1 fully saturated rings. The third-order valence-corrected chi connectivity index (χ3v) is 8.00. The van der Waals surface area contributed by atoms with Crippen molar-refractivity contribution < 1.29 is 23.2 Å². The highest BCUT2D eigenvalue weighted by Gasteiger charge is 2.51. The molecule has 2 aliphatic heterocycles. The van der Waals surface area contributed by atoms with Gasteiger partial charge >= 0.3 is 0 Å². The number of likely N-dealkylation sites (tertiary alicyclic amines) is 1. The van der Waals surface area contributed by atoms with Crippen LogP contribution in [0.15, 0.2) is 54.7 Å². The predicted octanol–water partition coefficient (Wildman–Crippen LogP) is 4.29. The van der Waals surface area contributed by atoms with Crippen LogP contribution in [0.1, 0.15) is 48.1 Å². The van der Waals surface area contributed by atoms with E-state index in [1.165, 1.54) is 17.0 Å². The maximum Gasteiger partial charge on any atom is 0.244 e. The monoisotopic (exact) mass is 516 g/mol. The number of carbonyl (C=O) groups is 3. The van der Waals surface area contributed by atoms with E-state index in [9.17, 15) is 23.2 Å². The average molecular weight is 517 g/mol. The molecule has 9 heteroatoms. The van der Waals surface area contributed by atoms with Gasteiger partial charge in [-0.2, -0.15) is 0 Å². The van der Waals surface area contributed by atoms with E-state index in [0.29, 0.717) is 42.8 Å². The first-order chi connectivity index (χ1) is 18.2. The van der Waals surface area contributed by atoms with Crippen molar-refractivity contribution in [1.29, 1.82) is 0 Å². The van der Waals surface area contributed by atoms with E-state index >= 15 is 0 Å². The summed E-state index contributed by atoms with van der Waals surface area (Å²) in [5.74, 6) is -1.85. The van der Waals surface area contributed by atoms with Crippen LogP contribution in [0.2, 0.25) is 0 Å². The summed E-state index contributed by atoms with van der Waals surface area (Å²) in [6, 6.07) is 11.9. The fourth-order valence-corrected chi connectivity index (χ4v) is 6.13. The molecular weight excluding hydrogens is 490 g/mol. The maximum atomic E-state index is 13.9. The zero-order valence-electron chi connectivity index (χ0n) is 20.8. The van der Waals surface area contributed by atoms with Gasteiger partial charge in [-0.05, 0) is 72.7 Å². The Hall–Kier alpha value is -4.14. The Bertz CT molecular complexity index is 1470. The predicted molar refractivity (Wildman–Crippen MR) is 136 cm³/mol.